The maximum Gasteiger partial charge on any atom is 0.182 e. The van der Waals surface area contributed by atoms with E-state index in [0.29, 0.717) is 12.3 Å². The molecule has 0 aromatic heterocycles. The van der Waals surface area contributed by atoms with Gasteiger partial charge in [0.15, 0.2) is 6.19 Å². The molecule has 2 aromatic rings. The van der Waals surface area contributed by atoms with Gasteiger partial charge in [-0.2, -0.15) is 5.26 Å². The first-order chi connectivity index (χ1) is 10.6. The Morgan fingerprint density at radius 1 is 1.23 bits per heavy atom. The van der Waals surface area contributed by atoms with Crippen molar-refractivity contribution >= 4 is 5.84 Å². The second-order valence-corrected chi connectivity index (χ2v) is 5.14. The van der Waals surface area contributed by atoms with Crippen molar-refractivity contribution in [2.45, 2.75) is 26.3 Å². The average molecular weight is 295 g/mol. The molecule has 0 aliphatic heterocycles. The Kier molecular flexibility index (Phi) is 5.26. The van der Waals surface area contributed by atoms with Crippen LogP contribution in [0.3, 0.4) is 0 Å². The van der Waals surface area contributed by atoms with Gasteiger partial charge < -0.3 is 0 Å². The summed E-state index contributed by atoms with van der Waals surface area (Å²) in [6.45, 7) is 3.95. The molecule has 1 atom stereocenters. The molecule has 0 fully saturated rings. The summed E-state index contributed by atoms with van der Waals surface area (Å²) in [5, 5.41) is 11.6. The predicted molar refractivity (Wildman–Crippen MR) is 85.9 cm³/mol. The largest absolute Gasteiger partial charge is 0.280 e. The van der Waals surface area contributed by atoms with Crippen LogP contribution in [0.5, 0.6) is 0 Å². The van der Waals surface area contributed by atoms with Crippen molar-refractivity contribution in [1.82, 2.24) is 5.32 Å². The molecule has 112 valence electrons. The van der Waals surface area contributed by atoms with Crippen molar-refractivity contribution in [2.24, 2.45) is 4.99 Å². The maximum atomic E-state index is 13.0. The van der Waals surface area contributed by atoms with E-state index in [1.807, 2.05) is 44.3 Å². The fraction of sp³-hybridized carbons (Fsp3) is 0.222. The molecule has 0 aliphatic carbocycles. The Morgan fingerprint density at radius 2 is 1.91 bits per heavy atom. The van der Waals surface area contributed by atoms with Gasteiger partial charge in [0.05, 0.1) is 6.04 Å². The van der Waals surface area contributed by atoms with E-state index in [1.165, 1.54) is 12.1 Å². The van der Waals surface area contributed by atoms with E-state index in [2.05, 4.69) is 10.3 Å². The first-order valence-electron chi connectivity index (χ1n) is 7.12. The van der Waals surface area contributed by atoms with Crippen molar-refractivity contribution in [3.8, 4) is 6.19 Å². The van der Waals surface area contributed by atoms with Crippen molar-refractivity contribution < 1.29 is 4.39 Å². The number of rotatable bonds is 4. The molecule has 3 nitrogen and oxygen atoms in total. The zero-order valence-electron chi connectivity index (χ0n) is 12.7. The molecule has 1 unspecified atom stereocenters. The highest BCUT2D eigenvalue weighted by Crippen LogP contribution is 2.18. The molecule has 22 heavy (non-hydrogen) atoms. The molecule has 0 spiro atoms. The van der Waals surface area contributed by atoms with Gasteiger partial charge in [-0.1, -0.05) is 36.4 Å². The lowest BCUT2D eigenvalue weighted by molar-refractivity contribution is 0.626. The van der Waals surface area contributed by atoms with Crippen molar-refractivity contribution in [3.05, 3.63) is 71.0 Å². The topological polar surface area (TPSA) is 48.2 Å². The van der Waals surface area contributed by atoms with Gasteiger partial charge in [0.2, 0.25) is 0 Å². The fourth-order valence-corrected chi connectivity index (χ4v) is 2.23. The molecule has 0 saturated heterocycles. The Hall–Kier alpha value is -2.67. The molecule has 2 rings (SSSR count). The number of hydrogen-bond acceptors (Lipinski definition) is 2. The van der Waals surface area contributed by atoms with Gasteiger partial charge in [0.25, 0.3) is 0 Å². The first kappa shape index (κ1) is 15.7. The normalized spacial score (nSPS) is 12.5. The van der Waals surface area contributed by atoms with E-state index < -0.39 is 0 Å². The van der Waals surface area contributed by atoms with E-state index in [9.17, 15) is 4.39 Å². The molecule has 0 bridgehead atoms. The quantitative estimate of drug-likeness (QED) is 0.402. The summed E-state index contributed by atoms with van der Waals surface area (Å²) in [5.41, 5.74) is 3.18. The van der Waals surface area contributed by atoms with E-state index in [0.717, 1.165) is 16.7 Å². The van der Waals surface area contributed by atoms with Crippen LogP contribution in [0.1, 0.15) is 29.7 Å². The van der Waals surface area contributed by atoms with Gasteiger partial charge in [0, 0.05) is 6.42 Å². The van der Waals surface area contributed by atoms with Gasteiger partial charge in [-0.15, -0.1) is 0 Å². The summed E-state index contributed by atoms with van der Waals surface area (Å²) in [4.78, 5) is 4.56. The highest BCUT2D eigenvalue weighted by Gasteiger charge is 2.08. The second kappa shape index (κ2) is 7.37. The number of hydrogen-bond donors (Lipinski definition) is 1. The van der Waals surface area contributed by atoms with Crippen LogP contribution in [0.2, 0.25) is 0 Å². The smallest absolute Gasteiger partial charge is 0.182 e. The van der Waals surface area contributed by atoms with Crippen molar-refractivity contribution in [3.63, 3.8) is 0 Å². The van der Waals surface area contributed by atoms with Gasteiger partial charge in [-0.05, 0) is 42.7 Å². The lowest BCUT2D eigenvalue weighted by Gasteiger charge is -2.12. The zero-order chi connectivity index (χ0) is 15.9. The van der Waals surface area contributed by atoms with E-state index in [-0.39, 0.29) is 11.9 Å². The van der Waals surface area contributed by atoms with Crippen LogP contribution < -0.4 is 5.32 Å². The number of nitriles is 1. The number of nitrogens with zero attached hydrogens (tertiary/aromatic N) is 2. The lowest BCUT2D eigenvalue weighted by atomic mass is 10.0. The molecule has 0 saturated carbocycles. The second-order valence-electron chi connectivity index (χ2n) is 5.14. The van der Waals surface area contributed by atoms with Crippen LogP contribution in [0, 0.1) is 24.2 Å². The summed E-state index contributed by atoms with van der Waals surface area (Å²) >= 11 is 0. The number of aryl methyl sites for hydroxylation is 1. The van der Waals surface area contributed by atoms with Crippen LogP contribution in [-0.2, 0) is 6.42 Å². The Balaban J connectivity index is 2.21. The van der Waals surface area contributed by atoms with E-state index in [1.54, 1.807) is 12.1 Å². The molecule has 1 N–H and O–H groups in total. The van der Waals surface area contributed by atoms with Crippen LogP contribution in [-0.4, -0.2) is 5.84 Å². The molecular weight excluding hydrogens is 277 g/mol. The standard InChI is InChI=1S/C18H18FN3/c1-13-5-3-4-6-16(13)11-18(21-12-20)22-14(2)15-7-9-17(19)10-8-15/h3-10,14H,11H2,1-2H3,(H,21,22). The number of aliphatic imine (C=N–C) groups is 1. The van der Waals surface area contributed by atoms with Crippen LogP contribution in [0.25, 0.3) is 0 Å². The molecule has 2 aromatic carbocycles. The summed E-state index contributed by atoms with van der Waals surface area (Å²) < 4.78 is 13.0. The predicted octanol–water partition coefficient (Wildman–Crippen LogP) is 3.91. The summed E-state index contributed by atoms with van der Waals surface area (Å²) in [6, 6.07) is 14.1. The summed E-state index contributed by atoms with van der Waals surface area (Å²) in [6.07, 6.45) is 2.49. The minimum absolute atomic E-state index is 0.152. The van der Waals surface area contributed by atoms with Gasteiger partial charge >= 0.3 is 0 Å². The zero-order valence-corrected chi connectivity index (χ0v) is 12.7. The number of nitrogens with one attached hydrogen (secondary N) is 1. The third kappa shape index (κ3) is 4.16. The maximum absolute atomic E-state index is 13.0. The molecule has 4 heteroatoms. The number of halogens is 1. The third-order valence-electron chi connectivity index (χ3n) is 3.52. The van der Waals surface area contributed by atoms with Crippen molar-refractivity contribution in [2.75, 3.05) is 0 Å². The third-order valence-corrected chi connectivity index (χ3v) is 3.52. The molecule has 0 aliphatic rings. The van der Waals surface area contributed by atoms with E-state index >= 15 is 0 Å². The van der Waals surface area contributed by atoms with Crippen LogP contribution >= 0.6 is 0 Å². The van der Waals surface area contributed by atoms with Crippen LogP contribution in [0.4, 0.5) is 4.39 Å². The van der Waals surface area contributed by atoms with E-state index in [4.69, 9.17) is 5.26 Å². The number of amidine groups is 1. The monoisotopic (exact) mass is 295 g/mol. The van der Waals surface area contributed by atoms with Crippen molar-refractivity contribution in [1.29, 1.82) is 5.26 Å². The average Bonchev–Trinajstić information content (AvgIpc) is 2.50. The summed E-state index contributed by atoms with van der Waals surface area (Å²) in [5.74, 6) is 0.337. The van der Waals surface area contributed by atoms with Crippen LogP contribution in [0.15, 0.2) is 53.5 Å². The van der Waals surface area contributed by atoms with Gasteiger partial charge in [0.1, 0.15) is 11.7 Å². The Bertz CT molecular complexity index is 699. The summed E-state index contributed by atoms with van der Waals surface area (Å²) in [7, 11) is 0. The lowest BCUT2D eigenvalue weighted by Crippen LogP contribution is -2.21. The first-order valence-corrected chi connectivity index (χ1v) is 7.12. The SMILES string of the molecule is Cc1ccccc1CC(=NC(C)c1ccc(F)cc1)NC#N. The molecule has 0 amide bonds. The highest BCUT2D eigenvalue weighted by atomic mass is 19.1. The molecule has 0 heterocycles. The minimum Gasteiger partial charge on any atom is -0.280 e. The molecule has 0 radical (unpaired) electrons. The van der Waals surface area contributed by atoms with Gasteiger partial charge in [-0.25, -0.2) is 4.39 Å². The number of benzene rings is 2. The Morgan fingerprint density at radius 3 is 2.55 bits per heavy atom. The molecular formula is C18H18FN3. The van der Waals surface area contributed by atoms with Gasteiger partial charge in [-0.3, -0.25) is 10.3 Å². The Labute approximate surface area is 130 Å². The highest BCUT2D eigenvalue weighted by molar-refractivity contribution is 5.86. The minimum atomic E-state index is -0.268. The fourth-order valence-electron chi connectivity index (χ4n) is 2.23.